The molecule has 1 aliphatic carbocycles. The number of hydrogen-bond acceptors (Lipinski definition) is 0. The van der Waals surface area contributed by atoms with Gasteiger partial charge in [-0.1, -0.05) is 31.7 Å². The summed E-state index contributed by atoms with van der Waals surface area (Å²) in [6, 6.07) is 0. The lowest BCUT2D eigenvalue weighted by molar-refractivity contribution is -0.133. The molecule has 0 aromatic carbocycles. The largest absolute Gasteiger partial charge is 0.389 e. The van der Waals surface area contributed by atoms with Crippen molar-refractivity contribution in [2.45, 2.75) is 38.8 Å². The topological polar surface area (TPSA) is 0 Å². The molecule has 90 valence electrons. The van der Waals surface area contributed by atoms with Gasteiger partial charge in [0.25, 0.3) is 0 Å². The Morgan fingerprint density at radius 1 is 1.56 bits per heavy atom. The molecular weight excluding hydrogens is 213 g/mol. The summed E-state index contributed by atoms with van der Waals surface area (Å²) in [5.41, 5.74) is 1.85. The van der Waals surface area contributed by atoms with E-state index in [0.29, 0.717) is 5.92 Å². The van der Waals surface area contributed by atoms with Crippen molar-refractivity contribution >= 4 is 0 Å². The average Bonchev–Trinajstić information content (AvgIpc) is 2.57. The molecule has 0 heterocycles. The Balaban J connectivity index is 2.63. The van der Waals surface area contributed by atoms with Gasteiger partial charge in [0.2, 0.25) is 0 Å². The fraction of sp³-hybridized carbons (Fsp3) is 0.538. The quantitative estimate of drug-likeness (QED) is 0.609. The fourth-order valence-corrected chi connectivity index (χ4v) is 1.92. The van der Waals surface area contributed by atoms with Gasteiger partial charge in [0.1, 0.15) is 0 Å². The second kappa shape index (κ2) is 5.37. The van der Waals surface area contributed by atoms with Crippen LogP contribution < -0.4 is 0 Å². The van der Waals surface area contributed by atoms with Gasteiger partial charge in [-0.2, -0.15) is 13.2 Å². The molecule has 1 atom stereocenters. The minimum absolute atomic E-state index is 0.0636. The van der Waals surface area contributed by atoms with Crippen LogP contribution in [0.1, 0.15) is 32.6 Å². The van der Waals surface area contributed by atoms with Crippen molar-refractivity contribution in [1.82, 2.24) is 0 Å². The van der Waals surface area contributed by atoms with E-state index in [9.17, 15) is 13.2 Å². The van der Waals surface area contributed by atoms with Crippen LogP contribution in [0.2, 0.25) is 0 Å². The Labute approximate surface area is 94.5 Å². The van der Waals surface area contributed by atoms with Crippen LogP contribution in [0, 0.1) is 5.92 Å². The third kappa shape index (κ3) is 4.25. The van der Waals surface area contributed by atoms with Crippen LogP contribution in [-0.2, 0) is 0 Å². The van der Waals surface area contributed by atoms with Gasteiger partial charge in [0.05, 0.1) is 0 Å². The first-order valence-corrected chi connectivity index (χ1v) is 5.50. The van der Waals surface area contributed by atoms with E-state index in [4.69, 9.17) is 0 Å². The van der Waals surface area contributed by atoms with Gasteiger partial charge in [-0.25, -0.2) is 0 Å². The lowest BCUT2D eigenvalue weighted by atomic mass is 9.98. The van der Waals surface area contributed by atoms with E-state index < -0.39 is 12.6 Å². The molecule has 0 spiro atoms. The van der Waals surface area contributed by atoms with Crippen molar-refractivity contribution < 1.29 is 13.2 Å². The summed E-state index contributed by atoms with van der Waals surface area (Å²) in [6.07, 6.45) is 2.41. The van der Waals surface area contributed by atoms with Gasteiger partial charge in [0, 0.05) is 6.42 Å². The normalized spacial score (nSPS) is 22.1. The summed E-state index contributed by atoms with van der Waals surface area (Å²) in [5.74, 6) is 0.550. The summed E-state index contributed by atoms with van der Waals surface area (Å²) >= 11 is 0. The molecule has 3 heteroatoms. The van der Waals surface area contributed by atoms with Crippen LogP contribution in [0.15, 0.2) is 36.0 Å². The zero-order chi connectivity index (χ0) is 12.2. The molecule has 0 fully saturated rings. The molecule has 0 nitrogen and oxygen atoms in total. The Bertz CT molecular complexity index is 308. The lowest BCUT2D eigenvalue weighted by Crippen LogP contribution is -2.07. The van der Waals surface area contributed by atoms with Crippen LogP contribution in [0.25, 0.3) is 0 Å². The first kappa shape index (κ1) is 13.1. The van der Waals surface area contributed by atoms with Gasteiger partial charge in [0.15, 0.2) is 0 Å². The van der Waals surface area contributed by atoms with Gasteiger partial charge in [-0.15, -0.1) is 0 Å². The van der Waals surface area contributed by atoms with Crippen molar-refractivity contribution in [3.8, 4) is 0 Å². The fourth-order valence-electron chi connectivity index (χ4n) is 1.92. The number of rotatable bonds is 4. The van der Waals surface area contributed by atoms with Crippen molar-refractivity contribution in [3.63, 3.8) is 0 Å². The molecule has 0 aromatic heterocycles. The van der Waals surface area contributed by atoms with Crippen LogP contribution in [0.5, 0.6) is 0 Å². The minimum Gasteiger partial charge on any atom is -0.171 e. The summed E-state index contributed by atoms with van der Waals surface area (Å²) in [6.45, 7) is 5.66. The van der Waals surface area contributed by atoms with Crippen LogP contribution in [-0.4, -0.2) is 6.18 Å². The molecule has 0 amide bonds. The average molecular weight is 230 g/mol. The highest BCUT2D eigenvalue weighted by Crippen LogP contribution is 2.33. The van der Waals surface area contributed by atoms with Crippen molar-refractivity contribution in [2.24, 2.45) is 5.92 Å². The highest BCUT2D eigenvalue weighted by atomic mass is 19.4. The Kier molecular flexibility index (Phi) is 4.39. The number of allylic oxidation sites excluding steroid dienone is 5. The molecule has 16 heavy (non-hydrogen) atoms. The standard InChI is InChI=1S/C13H17F3/c1-3-4-11(7-8-13(14,15)16)12-6-5-10(2)9-12/h3-4,6,10H,1,5,7-9H2,2H3/b11-4-. The van der Waals surface area contributed by atoms with Crippen LogP contribution in [0.4, 0.5) is 13.2 Å². The van der Waals surface area contributed by atoms with E-state index in [1.54, 1.807) is 12.2 Å². The van der Waals surface area contributed by atoms with E-state index in [2.05, 4.69) is 19.6 Å². The molecule has 0 radical (unpaired) electrons. The minimum atomic E-state index is -4.08. The molecule has 1 unspecified atom stereocenters. The summed E-state index contributed by atoms with van der Waals surface area (Å²) in [7, 11) is 0. The molecule has 0 aliphatic heterocycles. The third-order valence-corrected chi connectivity index (χ3v) is 2.74. The van der Waals surface area contributed by atoms with Crippen LogP contribution in [0.3, 0.4) is 0 Å². The van der Waals surface area contributed by atoms with Gasteiger partial charge >= 0.3 is 6.18 Å². The monoisotopic (exact) mass is 230 g/mol. The van der Waals surface area contributed by atoms with E-state index in [0.717, 1.165) is 24.0 Å². The molecule has 0 bridgehead atoms. The van der Waals surface area contributed by atoms with Crippen molar-refractivity contribution in [1.29, 1.82) is 0 Å². The summed E-state index contributed by atoms with van der Waals surface area (Å²) < 4.78 is 36.4. The lowest BCUT2D eigenvalue weighted by Gasteiger charge is -2.11. The molecule has 0 saturated carbocycles. The zero-order valence-corrected chi connectivity index (χ0v) is 9.48. The van der Waals surface area contributed by atoms with Crippen molar-refractivity contribution in [2.75, 3.05) is 0 Å². The highest BCUT2D eigenvalue weighted by molar-refractivity contribution is 5.35. The van der Waals surface area contributed by atoms with Crippen LogP contribution >= 0.6 is 0 Å². The number of hydrogen-bond donors (Lipinski definition) is 0. The molecular formula is C13H17F3. The van der Waals surface area contributed by atoms with Crippen molar-refractivity contribution in [3.05, 3.63) is 36.0 Å². The summed E-state index contributed by atoms with van der Waals surface area (Å²) in [5, 5.41) is 0. The Morgan fingerprint density at radius 3 is 2.69 bits per heavy atom. The third-order valence-electron chi connectivity index (χ3n) is 2.74. The Hall–Kier alpha value is -0.990. The predicted molar refractivity (Wildman–Crippen MR) is 60.1 cm³/mol. The molecule has 0 aromatic rings. The first-order chi connectivity index (χ1) is 7.42. The van der Waals surface area contributed by atoms with Gasteiger partial charge in [-0.3, -0.25) is 0 Å². The molecule has 0 saturated heterocycles. The van der Waals surface area contributed by atoms with Gasteiger partial charge in [-0.05, 0) is 36.3 Å². The molecule has 1 rings (SSSR count). The first-order valence-electron chi connectivity index (χ1n) is 5.50. The highest BCUT2D eigenvalue weighted by Gasteiger charge is 2.27. The Morgan fingerprint density at radius 2 is 2.25 bits per heavy atom. The summed E-state index contributed by atoms with van der Waals surface area (Å²) in [4.78, 5) is 0. The van der Waals surface area contributed by atoms with E-state index >= 15 is 0 Å². The second-order valence-electron chi connectivity index (χ2n) is 4.32. The van der Waals surface area contributed by atoms with E-state index in [1.807, 2.05) is 0 Å². The molecule has 0 N–H and O–H groups in total. The predicted octanol–water partition coefficient (Wildman–Crippen LogP) is 4.80. The smallest absolute Gasteiger partial charge is 0.171 e. The van der Waals surface area contributed by atoms with E-state index in [-0.39, 0.29) is 6.42 Å². The van der Waals surface area contributed by atoms with Gasteiger partial charge < -0.3 is 0 Å². The molecule has 1 aliphatic rings. The second-order valence-corrected chi connectivity index (χ2v) is 4.32. The maximum Gasteiger partial charge on any atom is 0.389 e. The van der Waals surface area contributed by atoms with E-state index in [1.165, 1.54) is 0 Å². The SMILES string of the molecule is C=C/C=C(/CCC(F)(F)F)C1=CCC(C)C1. The number of alkyl halides is 3. The maximum atomic E-state index is 12.1. The zero-order valence-electron chi connectivity index (χ0n) is 9.48. The maximum absolute atomic E-state index is 12.1. The number of halogens is 3.